The minimum atomic E-state index is 0.693. The third-order valence-electron chi connectivity index (χ3n) is 2.32. The van der Waals surface area contributed by atoms with Crippen molar-refractivity contribution < 1.29 is 4.52 Å². The van der Waals surface area contributed by atoms with Gasteiger partial charge in [0.15, 0.2) is 5.76 Å². The molecule has 0 aliphatic heterocycles. The van der Waals surface area contributed by atoms with Gasteiger partial charge in [-0.15, -0.1) is 0 Å². The molecule has 0 aliphatic rings. The van der Waals surface area contributed by atoms with Gasteiger partial charge in [-0.2, -0.15) is 5.10 Å². The summed E-state index contributed by atoms with van der Waals surface area (Å²) >= 11 is 0. The topological polar surface area (TPSA) is 55.9 Å². The molecule has 5 nitrogen and oxygen atoms in total. The summed E-state index contributed by atoms with van der Waals surface area (Å²) in [5, 5.41) is 11.3. The van der Waals surface area contributed by atoms with Crippen molar-refractivity contribution in [3.63, 3.8) is 0 Å². The third kappa shape index (κ3) is 2.70. The fourth-order valence-corrected chi connectivity index (χ4v) is 1.50. The molecular formula is C11H16N4O. The lowest BCUT2D eigenvalue weighted by molar-refractivity contribution is 0.369. The molecule has 0 unspecified atom stereocenters. The average Bonchev–Trinajstić information content (AvgIpc) is 2.88. The van der Waals surface area contributed by atoms with Gasteiger partial charge in [0, 0.05) is 30.9 Å². The Balaban J connectivity index is 1.79. The molecule has 86 valence electrons. The molecule has 0 saturated heterocycles. The summed E-state index contributed by atoms with van der Waals surface area (Å²) < 4.78 is 7.01. The van der Waals surface area contributed by atoms with Gasteiger partial charge in [-0.25, -0.2) is 0 Å². The van der Waals surface area contributed by atoms with Gasteiger partial charge in [0.25, 0.3) is 0 Å². The molecule has 0 atom stereocenters. The first-order chi connectivity index (χ1) is 7.78. The molecule has 0 bridgehead atoms. The number of rotatable bonds is 5. The van der Waals surface area contributed by atoms with E-state index in [0.29, 0.717) is 6.54 Å². The van der Waals surface area contributed by atoms with Crippen LogP contribution in [0.15, 0.2) is 23.0 Å². The third-order valence-corrected chi connectivity index (χ3v) is 2.32. The highest BCUT2D eigenvalue weighted by Crippen LogP contribution is 2.02. The van der Waals surface area contributed by atoms with Gasteiger partial charge in [-0.3, -0.25) is 4.68 Å². The van der Waals surface area contributed by atoms with Gasteiger partial charge >= 0.3 is 0 Å². The molecule has 0 radical (unpaired) electrons. The summed E-state index contributed by atoms with van der Waals surface area (Å²) in [5.41, 5.74) is 2.09. The maximum atomic E-state index is 5.10. The Bertz CT molecular complexity index is 446. The van der Waals surface area contributed by atoms with Gasteiger partial charge in [-0.05, 0) is 13.8 Å². The van der Waals surface area contributed by atoms with Gasteiger partial charge in [0.2, 0.25) is 0 Å². The van der Waals surface area contributed by atoms with E-state index in [1.807, 2.05) is 30.1 Å². The number of nitrogens with zero attached hydrogens (tertiary/aromatic N) is 3. The van der Waals surface area contributed by atoms with Crippen LogP contribution in [0.4, 0.5) is 0 Å². The summed E-state index contributed by atoms with van der Waals surface area (Å²) in [5.74, 6) is 0.861. The summed E-state index contributed by atoms with van der Waals surface area (Å²) in [4.78, 5) is 0. The SMILES string of the molecule is CCn1cc(CNCc2cc(C)no2)cn1. The van der Waals surface area contributed by atoms with Crippen LogP contribution in [-0.2, 0) is 19.6 Å². The molecule has 0 spiro atoms. The lowest BCUT2D eigenvalue weighted by Gasteiger charge is -1.98. The van der Waals surface area contributed by atoms with Crippen LogP contribution < -0.4 is 5.32 Å². The highest BCUT2D eigenvalue weighted by atomic mass is 16.5. The van der Waals surface area contributed by atoms with Gasteiger partial charge in [0.05, 0.1) is 18.4 Å². The van der Waals surface area contributed by atoms with Crippen molar-refractivity contribution in [2.45, 2.75) is 33.5 Å². The van der Waals surface area contributed by atoms with Crippen molar-refractivity contribution in [2.75, 3.05) is 0 Å². The first-order valence-corrected chi connectivity index (χ1v) is 5.42. The molecule has 2 aromatic heterocycles. The molecule has 1 N–H and O–H groups in total. The quantitative estimate of drug-likeness (QED) is 0.829. The smallest absolute Gasteiger partial charge is 0.150 e. The van der Waals surface area contributed by atoms with Crippen molar-refractivity contribution in [1.29, 1.82) is 0 Å². The Morgan fingerprint density at radius 1 is 1.44 bits per heavy atom. The summed E-state index contributed by atoms with van der Waals surface area (Å²) in [6, 6.07) is 1.93. The van der Waals surface area contributed by atoms with E-state index in [1.165, 1.54) is 5.56 Å². The lowest BCUT2D eigenvalue weighted by Crippen LogP contribution is -2.11. The molecule has 2 rings (SSSR count). The van der Waals surface area contributed by atoms with Crippen LogP contribution in [0.3, 0.4) is 0 Å². The van der Waals surface area contributed by atoms with Crippen molar-refractivity contribution in [3.05, 3.63) is 35.5 Å². The van der Waals surface area contributed by atoms with Crippen molar-refractivity contribution in [2.24, 2.45) is 0 Å². The minimum absolute atomic E-state index is 0.693. The molecule has 0 amide bonds. The molecule has 2 heterocycles. The summed E-state index contributed by atoms with van der Waals surface area (Å²) in [6.07, 6.45) is 3.92. The zero-order valence-corrected chi connectivity index (χ0v) is 9.60. The van der Waals surface area contributed by atoms with Gasteiger partial charge in [-0.1, -0.05) is 5.16 Å². The monoisotopic (exact) mass is 220 g/mol. The second-order valence-electron chi connectivity index (χ2n) is 3.74. The standard InChI is InChI=1S/C11H16N4O/c1-3-15-8-10(6-13-15)5-12-7-11-4-9(2)14-16-11/h4,6,8,12H,3,5,7H2,1-2H3. The normalized spacial score (nSPS) is 10.9. The van der Waals surface area contributed by atoms with E-state index in [2.05, 4.69) is 22.5 Å². The maximum Gasteiger partial charge on any atom is 0.150 e. The Morgan fingerprint density at radius 2 is 2.31 bits per heavy atom. The second kappa shape index (κ2) is 4.94. The zero-order chi connectivity index (χ0) is 11.4. The molecule has 0 saturated carbocycles. The Labute approximate surface area is 94.4 Å². The fourth-order valence-electron chi connectivity index (χ4n) is 1.50. The Kier molecular flexibility index (Phi) is 3.36. The van der Waals surface area contributed by atoms with Crippen LogP contribution in [0.2, 0.25) is 0 Å². The maximum absolute atomic E-state index is 5.10. The van der Waals surface area contributed by atoms with Crippen molar-refractivity contribution in [3.8, 4) is 0 Å². The highest BCUT2D eigenvalue weighted by Gasteiger charge is 2.01. The van der Waals surface area contributed by atoms with Crippen molar-refractivity contribution in [1.82, 2.24) is 20.3 Å². The van der Waals surface area contributed by atoms with E-state index in [9.17, 15) is 0 Å². The Hall–Kier alpha value is -1.62. The molecule has 0 aromatic carbocycles. The van der Waals surface area contributed by atoms with E-state index in [-0.39, 0.29) is 0 Å². The van der Waals surface area contributed by atoms with Gasteiger partial charge in [0.1, 0.15) is 0 Å². The average molecular weight is 220 g/mol. The summed E-state index contributed by atoms with van der Waals surface area (Å²) in [6.45, 7) is 6.37. The molecule has 0 fully saturated rings. The van der Waals surface area contributed by atoms with E-state index in [4.69, 9.17) is 4.52 Å². The first kappa shape index (κ1) is 10.9. The van der Waals surface area contributed by atoms with E-state index < -0.39 is 0 Å². The van der Waals surface area contributed by atoms with Crippen LogP contribution in [-0.4, -0.2) is 14.9 Å². The van der Waals surface area contributed by atoms with Crippen LogP contribution in [0.5, 0.6) is 0 Å². The summed E-state index contributed by atoms with van der Waals surface area (Å²) in [7, 11) is 0. The Morgan fingerprint density at radius 3 is 2.94 bits per heavy atom. The number of aromatic nitrogens is 3. The van der Waals surface area contributed by atoms with Crippen LogP contribution in [0, 0.1) is 6.92 Å². The first-order valence-electron chi connectivity index (χ1n) is 5.42. The molecule has 2 aromatic rings. The predicted molar refractivity (Wildman–Crippen MR) is 59.7 cm³/mol. The minimum Gasteiger partial charge on any atom is -0.360 e. The number of hydrogen-bond acceptors (Lipinski definition) is 4. The second-order valence-corrected chi connectivity index (χ2v) is 3.74. The van der Waals surface area contributed by atoms with E-state index in [1.54, 1.807) is 0 Å². The van der Waals surface area contributed by atoms with Crippen LogP contribution >= 0.6 is 0 Å². The highest BCUT2D eigenvalue weighted by molar-refractivity contribution is 5.05. The molecular weight excluding hydrogens is 204 g/mol. The van der Waals surface area contributed by atoms with E-state index >= 15 is 0 Å². The predicted octanol–water partition coefficient (Wildman–Crippen LogP) is 1.49. The zero-order valence-electron chi connectivity index (χ0n) is 9.60. The number of aryl methyl sites for hydroxylation is 2. The largest absolute Gasteiger partial charge is 0.360 e. The molecule has 0 aliphatic carbocycles. The fraction of sp³-hybridized carbons (Fsp3) is 0.455. The van der Waals surface area contributed by atoms with Gasteiger partial charge < -0.3 is 9.84 Å². The number of hydrogen-bond donors (Lipinski definition) is 1. The molecule has 16 heavy (non-hydrogen) atoms. The number of nitrogens with one attached hydrogen (secondary N) is 1. The van der Waals surface area contributed by atoms with E-state index in [0.717, 1.165) is 24.5 Å². The van der Waals surface area contributed by atoms with Crippen LogP contribution in [0.25, 0.3) is 0 Å². The van der Waals surface area contributed by atoms with Crippen molar-refractivity contribution >= 4 is 0 Å². The van der Waals surface area contributed by atoms with Crippen LogP contribution in [0.1, 0.15) is 23.9 Å². The molecule has 5 heteroatoms. The lowest BCUT2D eigenvalue weighted by atomic mass is 10.3.